The molecule has 13 nitrogen and oxygen atoms in total. The van der Waals surface area contributed by atoms with Gasteiger partial charge in [0.15, 0.2) is 0 Å². The number of nitro groups is 4. The van der Waals surface area contributed by atoms with Crippen LogP contribution in [0.5, 0.6) is 0 Å². The van der Waals surface area contributed by atoms with Gasteiger partial charge in [0.1, 0.15) is 5.69 Å². The van der Waals surface area contributed by atoms with Gasteiger partial charge in [-0.05, 0) is 19.1 Å². The smallest absolute Gasteiger partial charge is 0.393 e. The number of aryl methyl sites for hydroxylation is 1. The van der Waals surface area contributed by atoms with E-state index >= 15 is 0 Å². The van der Waals surface area contributed by atoms with Crippen molar-refractivity contribution in [2.24, 2.45) is 0 Å². The molecule has 2 rings (SSSR count). The Hall–Kier alpha value is -4.16. The maximum absolute atomic E-state index is 10.6. The molecule has 2 N–H and O–H groups in total. The first kappa shape index (κ1) is 19.9. The summed E-state index contributed by atoms with van der Waals surface area (Å²) in [7, 11) is 0. The molecular weight excluding hydrogens is 354 g/mol. The average Bonchev–Trinajstić information content (AvgIpc) is 2.54. The van der Waals surface area contributed by atoms with Crippen LogP contribution in [0.25, 0.3) is 0 Å². The van der Waals surface area contributed by atoms with Crippen LogP contribution in [0.3, 0.4) is 0 Å². The lowest BCUT2D eigenvalue weighted by Gasteiger charge is -1.98. The molecule has 0 saturated heterocycles. The molecule has 0 heterocycles. The van der Waals surface area contributed by atoms with Crippen molar-refractivity contribution in [2.45, 2.75) is 6.92 Å². The van der Waals surface area contributed by atoms with E-state index in [4.69, 9.17) is 5.73 Å². The second kappa shape index (κ2) is 8.09. The molecule has 0 unspecified atom stereocenters. The van der Waals surface area contributed by atoms with Gasteiger partial charge < -0.3 is 5.73 Å². The van der Waals surface area contributed by atoms with Crippen molar-refractivity contribution in [3.05, 3.63) is 82.4 Å². The molecule has 13 heteroatoms. The minimum atomic E-state index is -1.12. The third kappa shape index (κ3) is 4.44. The fourth-order valence-corrected chi connectivity index (χ4v) is 1.88. The van der Waals surface area contributed by atoms with Gasteiger partial charge in [-0.1, -0.05) is 12.1 Å². The fourth-order valence-electron chi connectivity index (χ4n) is 1.88. The van der Waals surface area contributed by atoms with Crippen molar-refractivity contribution < 1.29 is 19.7 Å². The number of nitrogens with two attached hydrogens (primary N) is 1. The summed E-state index contributed by atoms with van der Waals surface area (Å²) in [5.74, 6) is 0. The first-order valence-corrected chi connectivity index (χ1v) is 6.63. The molecule has 0 amide bonds. The van der Waals surface area contributed by atoms with Gasteiger partial charge in [0.25, 0.3) is 5.69 Å². The molecule has 0 aliphatic carbocycles. The number of nitrogen functional groups attached to an aromatic ring is 1. The molecule has 0 spiro atoms. The highest BCUT2D eigenvalue weighted by molar-refractivity contribution is 5.68. The number of rotatable bonds is 4. The molecule has 136 valence electrons. The van der Waals surface area contributed by atoms with E-state index in [1.807, 2.05) is 0 Å². The topological polar surface area (TPSA) is 199 Å². The molecular formula is C13H11N5O8. The molecule has 0 bridgehead atoms. The standard InChI is InChI=1S/C7H5N3O6.C6H6N2O2/c1-4-2-3-5(8(11)12)7(10(15)16)6(4)9(13)14;7-5-3-1-2-4-6(5)8(9)10/h2-3H,1H3;1-4H,7H2. The fraction of sp³-hybridized carbons (Fsp3) is 0.0769. The lowest BCUT2D eigenvalue weighted by molar-refractivity contribution is -0.441. The van der Waals surface area contributed by atoms with Crippen LogP contribution in [0.2, 0.25) is 0 Å². The predicted octanol–water partition coefficient (Wildman–Crippen LogP) is 2.90. The van der Waals surface area contributed by atoms with Crippen LogP contribution < -0.4 is 5.73 Å². The van der Waals surface area contributed by atoms with E-state index in [1.54, 1.807) is 12.1 Å². The Morgan fingerprint density at radius 3 is 1.58 bits per heavy atom. The molecule has 0 aromatic heterocycles. The van der Waals surface area contributed by atoms with Crippen LogP contribution in [0.1, 0.15) is 5.56 Å². The second-order valence-electron chi connectivity index (χ2n) is 4.69. The van der Waals surface area contributed by atoms with Crippen LogP contribution in [0.4, 0.5) is 28.4 Å². The highest BCUT2D eigenvalue weighted by Crippen LogP contribution is 2.38. The summed E-state index contributed by atoms with van der Waals surface area (Å²) in [6.07, 6.45) is 0. The maximum Gasteiger partial charge on any atom is 0.422 e. The Balaban J connectivity index is 0.000000289. The molecule has 0 saturated carbocycles. The van der Waals surface area contributed by atoms with Crippen LogP contribution in [-0.2, 0) is 0 Å². The van der Waals surface area contributed by atoms with Crippen molar-refractivity contribution in [3.63, 3.8) is 0 Å². The van der Waals surface area contributed by atoms with Crippen LogP contribution in [0, 0.1) is 47.4 Å². The van der Waals surface area contributed by atoms with Gasteiger partial charge in [0.2, 0.25) is 0 Å². The summed E-state index contributed by atoms with van der Waals surface area (Å²) in [5, 5.41) is 41.8. The van der Waals surface area contributed by atoms with Gasteiger partial charge >= 0.3 is 17.1 Å². The number of nitrogens with zero attached hydrogens (tertiary/aromatic N) is 4. The summed E-state index contributed by atoms with van der Waals surface area (Å²) < 4.78 is 0. The summed E-state index contributed by atoms with van der Waals surface area (Å²) >= 11 is 0. The SMILES string of the molecule is Cc1ccc([N+](=O)[O-])c([N+](=O)[O-])c1[N+](=O)[O-].Nc1ccccc1[N+](=O)[O-]. The Morgan fingerprint density at radius 2 is 1.19 bits per heavy atom. The monoisotopic (exact) mass is 365 g/mol. The lowest BCUT2D eigenvalue weighted by Crippen LogP contribution is -2.02. The third-order valence-corrected chi connectivity index (χ3v) is 3.03. The zero-order valence-electron chi connectivity index (χ0n) is 13.1. The minimum absolute atomic E-state index is 0.00213. The Labute approximate surface area is 144 Å². The number of hydrogen-bond acceptors (Lipinski definition) is 9. The zero-order chi connectivity index (χ0) is 20.0. The molecule has 0 aliphatic heterocycles. The zero-order valence-corrected chi connectivity index (χ0v) is 13.1. The summed E-state index contributed by atoms with van der Waals surface area (Å²) in [5.41, 5.74) is 2.62. The van der Waals surface area contributed by atoms with Gasteiger partial charge in [-0.2, -0.15) is 0 Å². The van der Waals surface area contributed by atoms with E-state index in [2.05, 4.69) is 0 Å². The lowest BCUT2D eigenvalue weighted by atomic mass is 10.1. The normalized spacial score (nSPS) is 9.58. The van der Waals surface area contributed by atoms with E-state index in [0.29, 0.717) is 0 Å². The molecule has 0 atom stereocenters. The summed E-state index contributed by atoms with van der Waals surface area (Å²) in [4.78, 5) is 38.2. The molecule has 2 aromatic carbocycles. The highest BCUT2D eigenvalue weighted by atomic mass is 16.6. The van der Waals surface area contributed by atoms with Gasteiger partial charge in [0.05, 0.1) is 19.7 Å². The molecule has 0 aliphatic rings. The van der Waals surface area contributed by atoms with Crippen molar-refractivity contribution in [3.8, 4) is 0 Å². The van der Waals surface area contributed by atoms with Gasteiger partial charge in [-0.3, -0.25) is 40.5 Å². The number of nitro benzene ring substituents is 4. The third-order valence-electron chi connectivity index (χ3n) is 3.03. The van der Waals surface area contributed by atoms with E-state index < -0.39 is 36.8 Å². The quantitative estimate of drug-likeness (QED) is 0.480. The largest absolute Gasteiger partial charge is 0.422 e. The molecule has 26 heavy (non-hydrogen) atoms. The number of anilines is 1. The van der Waals surface area contributed by atoms with E-state index in [1.165, 1.54) is 19.1 Å². The average molecular weight is 365 g/mol. The van der Waals surface area contributed by atoms with Gasteiger partial charge in [0, 0.05) is 17.7 Å². The number of benzene rings is 2. The van der Waals surface area contributed by atoms with Gasteiger partial charge in [-0.25, -0.2) is 0 Å². The highest BCUT2D eigenvalue weighted by Gasteiger charge is 2.37. The minimum Gasteiger partial charge on any atom is -0.393 e. The first-order valence-electron chi connectivity index (χ1n) is 6.63. The first-order chi connectivity index (χ1) is 12.1. The summed E-state index contributed by atoms with van der Waals surface area (Å²) in [6.45, 7) is 1.27. The van der Waals surface area contributed by atoms with E-state index in [0.717, 1.165) is 12.1 Å². The Morgan fingerprint density at radius 1 is 0.692 bits per heavy atom. The predicted molar refractivity (Wildman–Crippen MR) is 88.7 cm³/mol. The van der Waals surface area contributed by atoms with Crippen molar-refractivity contribution in [1.82, 2.24) is 0 Å². The van der Waals surface area contributed by atoms with E-state index in [9.17, 15) is 40.5 Å². The molecule has 2 aromatic rings. The van der Waals surface area contributed by atoms with Crippen LogP contribution in [-0.4, -0.2) is 19.7 Å². The van der Waals surface area contributed by atoms with Crippen LogP contribution in [0.15, 0.2) is 36.4 Å². The van der Waals surface area contributed by atoms with Crippen molar-refractivity contribution in [2.75, 3.05) is 5.73 Å². The number of para-hydroxylation sites is 2. The van der Waals surface area contributed by atoms with E-state index in [-0.39, 0.29) is 16.9 Å². The second-order valence-corrected chi connectivity index (χ2v) is 4.69. The Bertz CT molecular complexity index is 898. The van der Waals surface area contributed by atoms with Crippen LogP contribution >= 0.6 is 0 Å². The number of hydrogen-bond donors (Lipinski definition) is 1. The molecule has 0 fully saturated rings. The van der Waals surface area contributed by atoms with Gasteiger partial charge in [-0.15, -0.1) is 0 Å². The maximum atomic E-state index is 10.6. The summed E-state index contributed by atoms with van der Waals surface area (Å²) in [6, 6.07) is 8.08. The van der Waals surface area contributed by atoms with Crippen molar-refractivity contribution in [1.29, 1.82) is 0 Å². The molecule has 0 radical (unpaired) electrons. The Kier molecular flexibility index (Phi) is 6.19. The van der Waals surface area contributed by atoms with Crippen molar-refractivity contribution >= 4 is 28.4 Å².